The molecule has 1 aromatic carbocycles. The molecule has 1 saturated carbocycles. The SMILES string of the molecule is CN(Cc1ccccc1C(C)(C)C#N)CC(O)C1CC1. The number of aliphatic hydroxyl groups excluding tert-OH is 1. The van der Waals surface area contributed by atoms with Crippen molar-refractivity contribution in [3.63, 3.8) is 0 Å². The van der Waals surface area contributed by atoms with Gasteiger partial charge in [-0.3, -0.25) is 4.90 Å². The van der Waals surface area contributed by atoms with E-state index in [0.717, 1.165) is 24.9 Å². The first kappa shape index (κ1) is 15.0. The summed E-state index contributed by atoms with van der Waals surface area (Å²) >= 11 is 0. The van der Waals surface area contributed by atoms with E-state index >= 15 is 0 Å². The molecular weight excluding hydrogens is 248 g/mol. The average molecular weight is 272 g/mol. The number of nitrogens with zero attached hydrogens (tertiary/aromatic N) is 2. The Hall–Kier alpha value is -1.37. The van der Waals surface area contributed by atoms with Gasteiger partial charge in [0, 0.05) is 13.1 Å². The smallest absolute Gasteiger partial charge is 0.0769 e. The van der Waals surface area contributed by atoms with E-state index in [1.165, 1.54) is 5.56 Å². The average Bonchev–Trinajstić information content (AvgIpc) is 3.23. The molecule has 20 heavy (non-hydrogen) atoms. The van der Waals surface area contributed by atoms with E-state index in [-0.39, 0.29) is 6.10 Å². The quantitative estimate of drug-likeness (QED) is 0.866. The lowest BCUT2D eigenvalue weighted by molar-refractivity contribution is 0.104. The molecule has 0 saturated heterocycles. The number of rotatable bonds is 6. The van der Waals surface area contributed by atoms with Crippen LogP contribution in [0.2, 0.25) is 0 Å². The molecule has 1 fully saturated rings. The van der Waals surface area contributed by atoms with E-state index < -0.39 is 5.41 Å². The van der Waals surface area contributed by atoms with Gasteiger partial charge >= 0.3 is 0 Å². The zero-order valence-corrected chi connectivity index (χ0v) is 12.6. The van der Waals surface area contributed by atoms with Crippen molar-refractivity contribution in [1.29, 1.82) is 5.26 Å². The maximum absolute atomic E-state index is 10.0. The van der Waals surface area contributed by atoms with E-state index in [1.54, 1.807) is 0 Å². The standard InChI is InChI=1S/C17H24N2O/c1-17(2,12-18)15-7-5-4-6-14(15)10-19(3)11-16(20)13-8-9-13/h4-7,13,16,20H,8-11H2,1-3H3. The normalized spacial score (nSPS) is 17.0. The summed E-state index contributed by atoms with van der Waals surface area (Å²) in [5.74, 6) is 0.503. The summed E-state index contributed by atoms with van der Waals surface area (Å²) in [4.78, 5) is 2.15. The highest BCUT2D eigenvalue weighted by atomic mass is 16.3. The van der Waals surface area contributed by atoms with Gasteiger partial charge in [0.1, 0.15) is 0 Å². The first-order valence-corrected chi connectivity index (χ1v) is 7.30. The second-order valence-electron chi connectivity index (χ2n) is 6.50. The minimum absolute atomic E-state index is 0.212. The third kappa shape index (κ3) is 3.59. The number of nitriles is 1. The molecule has 0 heterocycles. The predicted molar refractivity (Wildman–Crippen MR) is 80.1 cm³/mol. The summed E-state index contributed by atoms with van der Waals surface area (Å²) in [6.07, 6.45) is 2.11. The molecular formula is C17H24N2O. The summed E-state index contributed by atoms with van der Waals surface area (Å²) in [6, 6.07) is 10.5. The van der Waals surface area contributed by atoms with Crippen molar-refractivity contribution in [2.24, 2.45) is 5.92 Å². The lowest BCUT2D eigenvalue weighted by Crippen LogP contribution is -2.31. The molecule has 1 atom stereocenters. The van der Waals surface area contributed by atoms with Crippen molar-refractivity contribution in [2.45, 2.75) is 44.8 Å². The Kier molecular flexibility index (Phi) is 4.47. The van der Waals surface area contributed by atoms with Crippen LogP contribution in [0.5, 0.6) is 0 Å². The predicted octanol–water partition coefficient (Wildman–Crippen LogP) is 2.69. The minimum Gasteiger partial charge on any atom is -0.392 e. The van der Waals surface area contributed by atoms with Gasteiger partial charge in [-0.1, -0.05) is 24.3 Å². The lowest BCUT2D eigenvalue weighted by Gasteiger charge is -2.25. The van der Waals surface area contributed by atoms with Gasteiger partial charge in [0.05, 0.1) is 17.6 Å². The maximum atomic E-state index is 10.0. The Bertz CT molecular complexity index is 500. The summed E-state index contributed by atoms with van der Waals surface area (Å²) in [5, 5.41) is 19.3. The van der Waals surface area contributed by atoms with Gasteiger partial charge in [0.25, 0.3) is 0 Å². The van der Waals surface area contributed by atoms with Gasteiger partial charge in [-0.15, -0.1) is 0 Å². The van der Waals surface area contributed by atoms with E-state index in [1.807, 2.05) is 39.1 Å². The van der Waals surface area contributed by atoms with Crippen molar-refractivity contribution in [2.75, 3.05) is 13.6 Å². The van der Waals surface area contributed by atoms with Crippen LogP contribution in [0.4, 0.5) is 0 Å². The minimum atomic E-state index is -0.480. The molecule has 0 spiro atoms. The molecule has 0 aromatic heterocycles. The zero-order valence-electron chi connectivity index (χ0n) is 12.6. The molecule has 2 rings (SSSR count). The van der Waals surface area contributed by atoms with E-state index in [2.05, 4.69) is 17.0 Å². The Morgan fingerprint density at radius 3 is 2.65 bits per heavy atom. The molecule has 1 aliphatic rings. The first-order valence-electron chi connectivity index (χ1n) is 7.30. The van der Waals surface area contributed by atoms with Crippen LogP contribution in [-0.4, -0.2) is 29.7 Å². The molecule has 0 amide bonds. The maximum Gasteiger partial charge on any atom is 0.0769 e. The van der Waals surface area contributed by atoms with Crippen LogP contribution < -0.4 is 0 Å². The molecule has 1 aliphatic carbocycles. The van der Waals surface area contributed by atoms with Gasteiger partial charge in [-0.05, 0) is 50.8 Å². The fraction of sp³-hybridized carbons (Fsp3) is 0.588. The number of hydrogen-bond donors (Lipinski definition) is 1. The molecule has 1 unspecified atom stereocenters. The zero-order chi connectivity index (χ0) is 14.8. The van der Waals surface area contributed by atoms with Crippen LogP contribution in [0.1, 0.15) is 37.8 Å². The molecule has 0 radical (unpaired) electrons. The molecule has 108 valence electrons. The first-order chi connectivity index (χ1) is 9.44. The van der Waals surface area contributed by atoms with Crippen LogP contribution in [0.3, 0.4) is 0 Å². The van der Waals surface area contributed by atoms with Crippen LogP contribution in [0, 0.1) is 17.2 Å². The summed E-state index contributed by atoms with van der Waals surface area (Å²) in [7, 11) is 2.03. The second-order valence-corrected chi connectivity index (χ2v) is 6.50. The molecule has 3 nitrogen and oxygen atoms in total. The molecule has 1 N–H and O–H groups in total. The van der Waals surface area contributed by atoms with Gasteiger partial charge in [0.15, 0.2) is 0 Å². The Morgan fingerprint density at radius 2 is 2.05 bits per heavy atom. The monoisotopic (exact) mass is 272 g/mol. The van der Waals surface area contributed by atoms with Crippen LogP contribution in [0.15, 0.2) is 24.3 Å². The highest BCUT2D eigenvalue weighted by molar-refractivity contribution is 5.37. The highest BCUT2D eigenvalue weighted by Crippen LogP contribution is 2.33. The third-order valence-electron chi connectivity index (χ3n) is 4.08. The molecule has 0 bridgehead atoms. The van der Waals surface area contributed by atoms with Gasteiger partial charge in [-0.25, -0.2) is 0 Å². The molecule has 1 aromatic rings. The molecule has 0 aliphatic heterocycles. The van der Waals surface area contributed by atoms with Crippen molar-refractivity contribution in [1.82, 2.24) is 4.90 Å². The van der Waals surface area contributed by atoms with Crippen LogP contribution in [-0.2, 0) is 12.0 Å². The topological polar surface area (TPSA) is 47.3 Å². The van der Waals surface area contributed by atoms with Gasteiger partial charge < -0.3 is 5.11 Å². The fourth-order valence-electron chi connectivity index (χ4n) is 2.63. The third-order valence-corrected chi connectivity index (χ3v) is 4.08. The fourth-order valence-corrected chi connectivity index (χ4v) is 2.63. The number of hydrogen-bond acceptors (Lipinski definition) is 3. The van der Waals surface area contributed by atoms with Crippen molar-refractivity contribution < 1.29 is 5.11 Å². The summed E-state index contributed by atoms with van der Waals surface area (Å²) < 4.78 is 0. The highest BCUT2D eigenvalue weighted by Gasteiger charge is 2.30. The van der Waals surface area contributed by atoms with Crippen molar-refractivity contribution in [3.05, 3.63) is 35.4 Å². The largest absolute Gasteiger partial charge is 0.392 e. The van der Waals surface area contributed by atoms with Crippen molar-refractivity contribution in [3.8, 4) is 6.07 Å². The van der Waals surface area contributed by atoms with Crippen molar-refractivity contribution >= 4 is 0 Å². The van der Waals surface area contributed by atoms with Gasteiger partial charge in [0.2, 0.25) is 0 Å². The second kappa shape index (κ2) is 5.95. The lowest BCUT2D eigenvalue weighted by atomic mass is 9.83. The van der Waals surface area contributed by atoms with E-state index in [4.69, 9.17) is 0 Å². The summed E-state index contributed by atoms with van der Waals surface area (Å²) in [6.45, 7) is 5.37. The summed E-state index contributed by atoms with van der Waals surface area (Å²) in [5.41, 5.74) is 1.77. The van der Waals surface area contributed by atoms with Gasteiger partial charge in [-0.2, -0.15) is 5.26 Å². The van der Waals surface area contributed by atoms with E-state index in [0.29, 0.717) is 12.5 Å². The van der Waals surface area contributed by atoms with Crippen LogP contribution >= 0.6 is 0 Å². The Balaban J connectivity index is 2.07. The van der Waals surface area contributed by atoms with Crippen LogP contribution in [0.25, 0.3) is 0 Å². The Morgan fingerprint density at radius 1 is 1.40 bits per heavy atom. The number of aliphatic hydroxyl groups is 1. The van der Waals surface area contributed by atoms with E-state index in [9.17, 15) is 10.4 Å². The number of likely N-dealkylation sites (N-methyl/N-ethyl adjacent to an activating group) is 1. The number of benzene rings is 1. The molecule has 3 heteroatoms. The Labute approximate surface area is 121 Å².